The molecule has 5 heterocycles. The van der Waals surface area contributed by atoms with Crippen LogP contribution in [0.1, 0.15) is 18.4 Å². The van der Waals surface area contributed by atoms with Gasteiger partial charge in [-0.05, 0) is 43.6 Å². The molecule has 0 spiro atoms. The molecule has 1 aliphatic rings. The Kier molecular flexibility index (Phi) is 5.83. The van der Waals surface area contributed by atoms with Gasteiger partial charge in [-0.25, -0.2) is 9.50 Å². The second-order valence-electron chi connectivity index (χ2n) is 8.20. The minimum Gasteiger partial charge on any atom is -0.495 e. The molecule has 9 nitrogen and oxygen atoms in total. The molecule has 1 aliphatic heterocycles. The van der Waals surface area contributed by atoms with E-state index in [-0.39, 0.29) is 5.56 Å². The van der Waals surface area contributed by atoms with E-state index in [2.05, 4.69) is 31.3 Å². The van der Waals surface area contributed by atoms with E-state index in [1.54, 1.807) is 40.8 Å². The van der Waals surface area contributed by atoms with Gasteiger partial charge in [0.1, 0.15) is 12.1 Å². The van der Waals surface area contributed by atoms with E-state index in [1.165, 1.54) is 5.56 Å². The Hall–Kier alpha value is -3.30. The molecule has 5 rings (SSSR count). The molecule has 0 aromatic carbocycles. The first kappa shape index (κ1) is 20.6. The van der Waals surface area contributed by atoms with E-state index in [0.29, 0.717) is 18.3 Å². The standard InChI is InChI=1S/C23H27N7O2/c1-32-19-12-21-20(25-14-19)3-5-23(31)29(21)11-10-28-8-6-18(7-9-28)24-13-17-2-4-22-26-16-27-30(22)15-17/h2-5,12,14-16,18,24H,6-11,13H2,1H3. The Morgan fingerprint density at radius 3 is 2.84 bits per heavy atom. The predicted octanol–water partition coefficient (Wildman–Crippen LogP) is 1.70. The summed E-state index contributed by atoms with van der Waals surface area (Å²) in [5.41, 5.74) is 3.68. The van der Waals surface area contributed by atoms with Crippen molar-refractivity contribution in [3.05, 3.63) is 65.0 Å². The average Bonchev–Trinajstić information content (AvgIpc) is 3.30. The van der Waals surface area contributed by atoms with Crippen LogP contribution < -0.4 is 15.6 Å². The van der Waals surface area contributed by atoms with Crippen molar-refractivity contribution < 1.29 is 4.74 Å². The quantitative estimate of drug-likeness (QED) is 0.474. The number of piperidine rings is 1. The lowest BCUT2D eigenvalue weighted by Crippen LogP contribution is -2.43. The highest BCUT2D eigenvalue weighted by molar-refractivity contribution is 5.75. The van der Waals surface area contributed by atoms with Crippen LogP contribution in [0.4, 0.5) is 0 Å². The number of hydrogen-bond acceptors (Lipinski definition) is 7. The fourth-order valence-corrected chi connectivity index (χ4v) is 4.32. The molecule has 0 bridgehead atoms. The van der Waals surface area contributed by atoms with Gasteiger partial charge in [0.05, 0.1) is 24.3 Å². The summed E-state index contributed by atoms with van der Waals surface area (Å²) in [4.78, 5) is 23.5. The van der Waals surface area contributed by atoms with Crippen LogP contribution in [0.25, 0.3) is 16.7 Å². The van der Waals surface area contributed by atoms with Crippen molar-refractivity contribution >= 4 is 16.7 Å². The zero-order valence-electron chi connectivity index (χ0n) is 18.1. The molecule has 32 heavy (non-hydrogen) atoms. The number of rotatable bonds is 7. The Morgan fingerprint density at radius 1 is 1.12 bits per heavy atom. The third kappa shape index (κ3) is 4.35. The first-order valence-electron chi connectivity index (χ1n) is 11.0. The highest BCUT2D eigenvalue weighted by Crippen LogP contribution is 2.17. The zero-order chi connectivity index (χ0) is 21.9. The summed E-state index contributed by atoms with van der Waals surface area (Å²) >= 11 is 0. The van der Waals surface area contributed by atoms with Crippen LogP contribution in [0.3, 0.4) is 0 Å². The van der Waals surface area contributed by atoms with E-state index in [9.17, 15) is 4.79 Å². The molecule has 166 valence electrons. The molecule has 4 aromatic heterocycles. The second kappa shape index (κ2) is 9.05. The average molecular weight is 434 g/mol. The maximum Gasteiger partial charge on any atom is 0.251 e. The summed E-state index contributed by atoms with van der Waals surface area (Å²) in [6, 6.07) is 9.83. The number of fused-ring (bicyclic) bond motifs is 2. The molecular formula is C23H27N7O2. The van der Waals surface area contributed by atoms with Gasteiger partial charge < -0.3 is 19.5 Å². The first-order chi connectivity index (χ1) is 15.7. The smallest absolute Gasteiger partial charge is 0.251 e. The molecule has 0 radical (unpaired) electrons. The molecule has 0 aliphatic carbocycles. The SMILES string of the molecule is COc1cnc2ccc(=O)n(CCN3CCC(NCc4ccc5ncnn5c4)CC3)c2c1. The van der Waals surface area contributed by atoms with Crippen molar-refractivity contribution in [2.45, 2.75) is 32.0 Å². The van der Waals surface area contributed by atoms with E-state index >= 15 is 0 Å². The lowest BCUT2D eigenvalue weighted by atomic mass is 10.0. The highest BCUT2D eigenvalue weighted by atomic mass is 16.5. The van der Waals surface area contributed by atoms with Crippen LogP contribution in [-0.4, -0.2) is 61.8 Å². The lowest BCUT2D eigenvalue weighted by Gasteiger charge is -2.32. The predicted molar refractivity (Wildman–Crippen MR) is 122 cm³/mol. The normalized spacial score (nSPS) is 15.5. The van der Waals surface area contributed by atoms with E-state index in [0.717, 1.165) is 55.7 Å². The Labute approximate surface area is 185 Å². The van der Waals surface area contributed by atoms with Gasteiger partial charge >= 0.3 is 0 Å². The van der Waals surface area contributed by atoms with Gasteiger partial charge in [-0.1, -0.05) is 6.07 Å². The molecule has 1 fully saturated rings. The van der Waals surface area contributed by atoms with Crippen molar-refractivity contribution in [2.24, 2.45) is 0 Å². The van der Waals surface area contributed by atoms with E-state index in [4.69, 9.17) is 4.74 Å². The number of methoxy groups -OCH3 is 1. The van der Waals surface area contributed by atoms with Crippen molar-refractivity contribution in [1.82, 2.24) is 34.4 Å². The van der Waals surface area contributed by atoms with Crippen molar-refractivity contribution in [3.63, 3.8) is 0 Å². The van der Waals surface area contributed by atoms with Gasteiger partial charge in [0, 0.05) is 44.0 Å². The molecule has 9 heteroatoms. The maximum atomic E-state index is 12.5. The van der Waals surface area contributed by atoms with Gasteiger partial charge in [0.25, 0.3) is 5.56 Å². The molecule has 0 unspecified atom stereocenters. The third-order valence-electron chi connectivity index (χ3n) is 6.21. The topological polar surface area (TPSA) is 89.6 Å². The van der Waals surface area contributed by atoms with Gasteiger partial charge in [0.15, 0.2) is 5.65 Å². The fraction of sp³-hybridized carbons (Fsp3) is 0.391. The number of likely N-dealkylation sites (tertiary alicyclic amines) is 1. The Balaban J connectivity index is 1.15. The molecule has 0 atom stereocenters. The number of aromatic nitrogens is 5. The van der Waals surface area contributed by atoms with Gasteiger partial charge in [0.2, 0.25) is 0 Å². The van der Waals surface area contributed by atoms with Gasteiger partial charge in [-0.3, -0.25) is 9.78 Å². The summed E-state index contributed by atoms with van der Waals surface area (Å²) in [5.74, 6) is 0.659. The zero-order valence-corrected chi connectivity index (χ0v) is 18.1. The van der Waals surface area contributed by atoms with Crippen molar-refractivity contribution in [2.75, 3.05) is 26.7 Å². The van der Waals surface area contributed by atoms with Gasteiger partial charge in [-0.15, -0.1) is 0 Å². The molecule has 4 aromatic rings. The van der Waals surface area contributed by atoms with E-state index in [1.807, 2.05) is 18.3 Å². The number of hydrogen-bond donors (Lipinski definition) is 1. The van der Waals surface area contributed by atoms with Crippen LogP contribution >= 0.6 is 0 Å². The monoisotopic (exact) mass is 433 g/mol. The molecule has 1 saturated heterocycles. The van der Waals surface area contributed by atoms with Crippen LogP contribution in [0, 0.1) is 0 Å². The summed E-state index contributed by atoms with van der Waals surface area (Å²) in [6.07, 6.45) is 7.45. The van der Waals surface area contributed by atoms with Crippen LogP contribution in [0.15, 0.2) is 53.8 Å². The molecule has 0 saturated carbocycles. The first-order valence-corrected chi connectivity index (χ1v) is 11.0. The largest absolute Gasteiger partial charge is 0.495 e. The minimum atomic E-state index is -0.00606. The van der Waals surface area contributed by atoms with Crippen molar-refractivity contribution in [1.29, 1.82) is 0 Å². The van der Waals surface area contributed by atoms with Gasteiger partial charge in [-0.2, -0.15) is 5.10 Å². The third-order valence-corrected chi connectivity index (χ3v) is 6.21. The molecular weight excluding hydrogens is 406 g/mol. The maximum absolute atomic E-state index is 12.5. The summed E-state index contributed by atoms with van der Waals surface area (Å²) in [6.45, 7) is 4.33. The van der Waals surface area contributed by atoms with Crippen molar-refractivity contribution in [3.8, 4) is 5.75 Å². The second-order valence-corrected chi connectivity index (χ2v) is 8.20. The van der Waals surface area contributed by atoms with Crippen LogP contribution in [0.2, 0.25) is 0 Å². The Morgan fingerprint density at radius 2 is 2.00 bits per heavy atom. The molecule has 1 N–H and O–H groups in total. The summed E-state index contributed by atoms with van der Waals surface area (Å²) in [7, 11) is 1.61. The highest BCUT2D eigenvalue weighted by Gasteiger charge is 2.19. The lowest BCUT2D eigenvalue weighted by molar-refractivity contribution is 0.191. The summed E-state index contributed by atoms with van der Waals surface area (Å²) < 4.78 is 8.90. The fourth-order valence-electron chi connectivity index (χ4n) is 4.32. The number of nitrogens with zero attached hydrogens (tertiary/aromatic N) is 6. The van der Waals surface area contributed by atoms with Crippen LogP contribution in [0.5, 0.6) is 5.75 Å². The Bertz CT molecular complexity index is 1270. The minimum absolute atomic E-state index is 0.00606. The number of ether oxygens (including phenoxy) is 1. The molecule has 0 amide bonds. The number of pyridine rings is 3. The van der Waals surface area contributed by atoms with E-state index < -0.39 is 0 Å². The number of nitrogens with one attached hydrogen (secondary N) is 1. The summed E-state index contributed by atoms with van der Waals surface area (Å²) in [5, 5.41) is 7.87. The van der Waals surface area contributed by atoms with Crippen LogP contribution in [-0.2, 0) is 13.1 Å².